The number of hydrogen-bond donors (Lipinski definition) is 0. The lowest BCUT2D eigenvalue weighted by Crippen LogP contribution is -2.04. The van der Waals surface area contributed by atoms with Crippen LogP contribution < -0.4 is 0 Å². The first-order valence-electron chi connectivity index (χ1n) is 8.45. The monoisotopic (exact) mass is 380 g/mol. The molecule has 0 radical (unpaired) electrons. The first-order chi connectivity index (χ1) is 13.0. The molecule has 0 saturated heterocycles. The van der Waals surface area contributed by atoms with Gasteiger partial charge in [-0.3, -0.25) is 0 Å². The molecule has 0 N–H and O–H groups in total. The molecule has 0 atom stereocenters. The zero-order valence-electron chi connectivity index (χ0n) is 14.2. The van der Waals surface area contributed by atoms with Crippen molar-refractivity contribution in [3.8, 4) is 32.0 Å². The quantitative estimate of drug-likeness (QED) is 0.340. The van der Waals surface area contributed by atoms with Gasteiger partial charge in [-0.2, -0.15) is 13.2 Å². The van der Waals surface area contributed by atoms with E-state index in [2.05, 4.69) is 0 Å². The third-order valence-electron chi connectivity index (χ3n) is 4.33. The van der Waals surface area contributed by atoms with Crippen LogP contribution in [-0.2, 0) is 6.18 Å². The molecule has 0 spiro atoms. The van der Waals surface area contributed by atoms with Crippen molar-refractivity contribution in [1.29, 1.82) is 0 Å². The summed E-state index contributed by atoms with van der Waals surface area (Å²) in [6.07, 6.45) is -4.35. The van der Waals surface area contributed by atoms with E-state index in [1.165, 1.54) is 23.5 Å². The van der Waals surface area contributed by atoms with Crippen molar-refractivity contribution in [3.05, 3.63) is 96.6 Å². The van der Waals surface area contributed by atoms with Crippen molar-refractivity contribution in [2.45, 2.75) is 6.18 Å². The van der Waals surface area contributed by atoms with Crippen LogP contribution in [0.3, 0.4) is 0 Å². The molecule has 4 aromatic rings. The molecule has 0 saturated carbocycles. The Morgan fingerprint density at radius 3 is 1.81 bits per heavy atom. The van der Waals surface area contributed by atoms with Crippen LogP contribution in [0.5, 0.6) is 0 Å². The number of alkyl halides is 3. The Morgan fingerprint density at radius 1 is 0.593 bits per heavy atom. The van der Waals surface area contributed by atoms with Crippen LogP contribution in [0.1, 0.15) is 5.56 Å². The predicted molar refractivity (Wildman–Crippen MR) is 106 cm³/mol. The maximum Gasteiger partial charge on any atom is 0.416 e. The molecule has 3 aromatic carbocycles. The summed E-state index contributed by atoms with van der Waals surface area (Å²) in [5.41, 5.74) is 3.08. The summed E-state index contributed by atoms with van der Waals surface area (Å²) < 4.78 is 39.3. The molecule has 1 aromatic heterocycles. The Balaban J connectivity index is 1.88. The highest BCUT2D eigenvalue weighted by atomic mass is 32.1. The van der Waals surface area contributed by atoms with E-state index < -0.39 is 11.7 Å². The van der Waals surface area contributed by atoms with Gasteiger partial charge in [0.05, 0.1) is 5.56 Å². The van der Waals surface area contributed by atoms with Gasteiger partial charge in [-0.1, -0.05) is 72.8 Å². The fourth-order valence-corrected chi connectivity index (χ4v) is 4.20. The summed E-state index contributed by atoms with van der Waals surface area (Å²) >= 11 is 1.51. The van der Waals surface area contributed by atoms with Crippen molar-refractivity contribution in [2.75, 3.05) is 0 Å². The van der Waals surface area contributed by atoms with Crippen LogP contribution in [0.25, 0.3) is 32.0 Å². The minimum atomic E-state index is -4.35. The zero-order chi connectivity index (χ0) is 18.9. The van der Waals surface area contributed by atoms with E-state index in [9.17, 15) is 13.2 Å². The van der Waals surface area contributed by atoms with Crippen molar-refractivity contribution >= 4 is 11.3 Å². The third kappa shape index (κ3) is 3.67. The zero-order valence-corrected chi connectivity index (χ0v) is 15.0. The maximum atomic E-state index is 13.1. The minimum absolute atomic E-state index is 0.578. The third-order valence-corrected chi connectivity index (χ3v) is 5.56. The molecule has 0 aliphatic carbocycles. The summed E-state index contributed by atoms with van der Waals surface area (Å²) in [5, 5.41) is 0. The molecular formula is C23H15F3S. The maximum absolute atomic E-state index is 13.1. The molecule has 134 valence electrons. The van der Waals surface area contributed by atoms with Crippen LogP contribution in [-0.4, -0.2) is 0 Å². The van der Waals surface area contributed by atoms with Gasteiger partial charge < -0.3 is 0 Å². The van der Waals surface area contributed by atoms with E-state index in [0.717, 1.165) is 32.5 Å². The van der Waals surface area contributed by atoms with Gasteiger partial charge in [0.25, 0.3) is 0 Å². The van der Waals surface area contributed by atoms with E-state index >= 15 is 0 Å². The number of thiophene rings is 1. The van der Waals surface area contributed by atoms with E-state index in [-0.39, 0.29) is 0 Å². The Labute approximate surface area is 159 Å². The van der Waals surface area contributed by atoms with Crippen molar-refractivity contribution in [3.63, 3.8) is 0 Å². The lowest BCUT2D eigenvalue weighted by Gasteiger charge is -2.07. The van der Waals surface area contributed by atoms with Crippen LogP contribution in [0.4, 0.5) is 13.2 Å². The number of halogens is 3. The second-order valence-electron chi connectivity index (χ2n) is 6.16. The van der Waals surface area contributed by atoms with Crippen LogP contribution >= 0.6 is 11.3 Å². The molecule has 4 rings (SSSR count). The molecule has 0 aliphatic rings. The van der Waals surface area contributed by atoms with Gasteiger partial charge in [-0.25, -0.2) is 0 Å². The molecule has 0 bridgehead atoms. The van der Waals surface area contributed by atoms with E-state index in [1.54, 1.807) is 6.07 Å². The highest BCUT2D eigenvalue weighted by Gasteiger charge is 2.30. The Morgan fingerprint density at radius 2 is 1.19 bits per heavy atom. The predicted octanol–water partition coefficient (Wildman–Crippen LogP) is 7.77. The van der Waals surface area contributed by atoms with Gasteiger partial charge in [0.2, 0.25) is 0 Å². The first kappa shape index (κ1) is 17.6. The molecule has 1 heterocycles. The molecule has 4 heteroatoms. The van der Waals surface area contributed by atoms with Crippen LogP contribution in [0, 0.1) is 0 Å². The van der Waals surface area contributed by atoms with E-state index in [4.69, 9.17) is 0 Å². The topological polar surface area (TPSA) is 0 Å². The van der Waals surface area contributed by atoms with Gasteiger partial charge in [0.1, 0.15) is 0 Å². The molecule has 27 heavy (non-hydrogen) atoms. The Bertz CT molecular complexity index is 991. The van der Waals surface area contributed by atoms with Crippen molar-refractivity contribution in [2.24, 2.45) is 0 Å². The average molecular weight is 380 g/mol. The molecule has 0 unspecified atom stereocenters. The minimum Gasteiger partial charge on any atom is -0.166 e. The van der Waals surface area contributed by atoms with Gasteiger partial charge in [0, 0.05) is 15.3 Å². The first-order valence-corrected chi connectivity index (χ1v) is 9.26. The van der Waals surface area contributed by atoms with Gasteiger partial charge >= 0.3 is 6.18 Å². The summed E-state index contributed by atoms with van der Waals surface area (Å²) in [5.74, 6) is 0. The normalized spacial score (nSPS) is 11.5. The summed E-state index contributed by atoms with van der Waals surface area (Å²) in [7, 11) is 0. The highest BCUT2D eigenvalue weighted by molar-refractivity contribution is 7.19. The SMILES string of the molecule is FC(F)(F)c1cccc(-c2cc(-c3ccccc3)c(-c3ccccc3)s2)c1. The van der Waals surface area contributed by atoms with Gasteiger partial charge in [-0.15, -0.1) is 11.3 Å². The van der Waals surface area contributed by atoms with Crippen LogP contribution in [0.15, 0.2) is 91.0 Å². The van der Waals surface area contributed by atoms with E-state index in [1.807, 2.05) is 66.7 Å². The second-order valence-corrected chi connectivity index (χ2v) is 7.22. The molecular weight excluding hydrogens is 365 g/mol. The fourth-order valence-electron chi connectivity index (χ4n) is 3.02. The van der Waals surface area contributed by atoms with Gasteiger partial charge in [0.15, 0.2) is 0 Å². The largest absolute Gasteiger partial charge is 0.416 e. The lowest BCUT2D eigenvalue weighted by molar-refractivity contribution is -0.137. The standard InChI is InChI=1S/C23H15F3S/c24-23(25,26)19-13-7-12-18(14-19)21-15-20(16-8-3-1-4-9-16)22(27-21)17-10-5-2-6-11-17/h1-15H. The Hall–Kier alpha value is -2.85. The fraction of sp³-hybridized carbons (Fsp3) is 0.0435. The molecule has 0 amide bonds. The summed E-state index contributed by atoms with van der Waals surface area (Å²) in [4.78, 5) is 1.87. The smallest absolute Gasteiger partial charge is 0.166 e. The lowest BCUT2D eigenvalue weighted by atomic mass is 10.0. The molecule has 0 fully saturated rings. The molecule has 0 nitrogen and oxygen atoms in total. The second kappa shape index (κ2) is 7.05. The van der Waals surface area contributed by atoms with Gasteiger partial charge in [-0.05, 0) is 34.9 Å². The summed E-state index contributed by atoms with van der Waals surface area (Å²) in [6, 6.07) is 27.3. The molecule has 0 aliphatic heterocycles. The number of benzene rings is 3. The van der Waals surface area contributed by atoms with Crippen LogP contribution in [0.2, 0.25) is 0 Å². The average Bonchev–Trinajstić information content (AvgIpc) is 3.14. The highest BCUT2D eigenvalue weighted by Crippen LogP contribution is 2.44. The van der Waals surface area contributed by atoms with E-state index in [0.29, 0.717) is 5.56 Å². The van der Waals surface area contributed by atoms with Crippen molar-refractivity contribution in [1.82, 2.24) is 0 Å². The Kier molecular flexibility index (Phi) is 4.58. The van der Waals surface area contributed by atoms with Crippen molar-refractivity contribution < 1.29 is 13.2 Å². The number of hydrogen-bond acceptors (Lipinski definition) is 1. The summed E-state index contributed by atoms with van der Waals surface area (Å²) in [6.45, 7) is 0. The number of rotatable bonds is 3.